The van der Waals surface area contributed by atoms with Crippen LogP contribution in [0.2, 0.25) is 0 Å². The summed E-state index contributed by atoms with van der Waals surface area (Å²) in [4.78, 5) is 42.5. The van der Waals surface area contributed by atoms with E-state index in [9.17, 15) is 19.2 Å². The SMILES string of the molecule is CC.CNC(=O)c1cc(C)ccc1C=O.O=C1CCCC(=O)N1. The van der Waals surface area contributed by atoms with Gasteiger partial charge in [0.15, 0.2) is 6.29 Å². The third kappa shape index (κ3) is 7.35. The second kappa shape index (κ2) is 11.1. The Hall–Kier alpha value is -2.50. The highest BCUT2D eigenvalue weighted by atomic mass is 16.2. The van der Waals surface area contributed by atoms with Gasteiger partial charge in [0.05, 0.1) is 5.56 Å². The van der Waals surface area contributed by atoms with Gasteiger partial charge in [-0.1, -0.05) is 31.5 Å². The van der Waals surface area contributed by atoms with Gasteiger partial charge in [0.2, 0.25) is 11.8 Å². The molecule has 2 N–H and O–H groups in total. The van der Waals surface area contributed by atoms with Crippen molar-refractivity contribution < 1.29 is 19.2 Å². The largest absolute Gasteiger partial charge is 0.355 e. The lowest BCUT2D eigenvalue weighted by atomic mass is 10.1. The molecule has 1 heterocycles. The van der Waals surface area contributed by atoms with Crippen molar-refractivity contribution in [3.05, 3.63) is 34.9 Å². The second-order valence-corrected chi connectivity index (χ2v) is 4.61. The number of hydrogen-bond acceptors (Lipinski definition) is 4. The number of aldehydes is 1. The van der Waals surface area contributed by atoms with Crippen LogP contribution < -0.4 is 10.6 Å². The summed E-state index contributed by atoms with van der Waals surface area (Å²) in [6.45, 7) is 5.88. The fraction of sp³-hybridized carbons (Fsp3) is 0.412. The van der Waals surface area contributed by atoms with Crippen molar-refractivity contribution in [1.82, 2.24) is 10.6 Å². The number of piperidine rings is 1. The van der Waals surface area contributed by atoms with Gasteiger partial charge in [-0.2, -0.15) is 0 Å². The van der Waals surface area contributed by atoms with Gasteiger partial charge >= 0.3 is 0 Å². The quantitative estimate of drug-likeness (QED) is 0.644. The topological polar surface area (TPSA) is 92.3 Å². The highest BCUT2D eigenvalue weighted by Gasteiger charge is 2.13. The van der Waals surface area contributed by atoms with E-state index in [1.165, 1.54) is 0 Å². The van der Waals surface area contributed by atoms with E-state index in [1.807, 2.05) is 20.8 Å². The molecule has 6 heteroatoms. The molecule has 0 unspecified atom stereocenters. The molecular formula is C17H24N2O4. The smallest absolute Gasteiger partial charge is 0.251 e. The number of aryl methyl sites for hydroxylation is 1. The van der Waals surface area contributed by atoms with Gasteiger partial charge in [-0.15, -0.1) is 0 Å². The van der Waals surface area contributed by atoms with Gasteiger partial charge in [0.1, 0.15) is 0 Å². The van der Waals surface area contributed by atoms with Gasteiger partial charge in [-0.3, -0.25) is 24.5 Å². The van der Waals surface area contributed by atoms with E-state index in [4.69, 9.17) is 0 Å². The van der Waals surface area contributed by atoms with Crippen LogP contribution in [-0.4, -0.2) is 31.1 Å². The standard InChI is InChI=1S/C10H11NO2.C5H7NO2.C2H6/c1-7-3-4-8(6-12)9(5-7)10(13)11-2;7-4-2-1-3-5(8)6-4;1-2/h3-6H,1-2H3,(H,11,13);1-3H2,(H,6,7,8);1-2H3. The first-order valence-corrected chi connectivity index (χ1v) is 7.58. The third-order valence-corrected chi connectivity index (χ3v) is 2.89. The minimum atomic E-state index is -0.231. The van der Waals surface area contributed by atoms with E-state index in [0.29, 0.717) is 36.7 Å². The lowest BCUT2D eigenvalue weighted by Crippen LogP contribution is -2.33. The summed E-state index contributed by atoms with van der Waals surface area (Å²) in [7, 11) is 1.54. The van der Waals surface area contributed by atoms with Crippen LogP contribution in [0.3, 0.4) is 0 Å². The van der Waals surface area contributed by atoms with E-state index < -0.39 is 0 Å². The lowest BCUT2D eigenvalue weighted by Gasteiger charge is -2.07. The fourth-order valence-corrected chi connectivity index (χ4v) is 1.79. The molecular weight excluding hydrogens is 296 g/mol. The molecule has 23 heavy (non-hydrogen) atoms. The lowest BCUT2D eigenvalue weighted by molar-refractivity contribution is -0.132. The number of hydrogen-bond donors (Lipinski definition) is 2. The Morgan fingerprint density at radius 2 is 1.74 bits per heavy atom. The maximum absolute atomic E-state index is 11.3. The fourth-order valence-electron chi connectivity index (χ4n) is 1.79. The van der Waals surface area contributed by atoms with Gasteiger partial charge < -0.3 is 5.32 Å². The number of carbonyl (C=O) groups is 4. The normalized spacial score (nSPS) is 12.7. The number of rotatable bonds is 2. The van der Waals surface area contributed by atoms with Gasteiger partial charge in [0.25, 0.3) is 5.91 Å². The van der Waals surface area contributed by atoms with Crippen LogP contribution >= 0.6 is 0 Å². The summed E-state index contributed by atoms with van der Waals surface area (Å²) in [5.74, 6) is -0.506. The van der Waals surface area contributed by atoms with Crippen molar-refractivity contribution in [1.29, 1.82) is 0 Å². The maximum atomic E-state index is 11.3. The molecule has 1 fully saturated rings. The van der Waals surface area contributed by atoms with E-state index in [0.717, 1.165) is 5.56 Å². The maximum Gasteiger partial charge on any atom is 0.251 e. The summed E-state index contributed by atoms with van der Waals surface area (Å²) >= 11 is 0. The van der Waals surface area contributed by atoms with Gasteiger partial charge in [-0.05, 0) is 19.4 Å². The van der Waals surface area contributed by atoms with Crippen molar-refractivity contribution in [2.45, 2.75) is 40.0 Å². The van der Waals surface area contributed by atoms with Crippen molar-refractivity contribution in [2.75, 3.05) is 7.05 Å². The molecule has 0 spiro atoms. The van der Waals surface area contributed by atoms with Gasteiger partial charge in [0, 0.05) is 25.5 Å². The molecule has 0 radical (unpaired) electrons. The summed E-state index contributed by atoms with van der Waals surface area (Å²) < 4.78 is 0. The van der Waals surface area contributed by atoms with E-state index in [2.05, 4.69) is 10.6 Å². The number of carbonyl (C=O) groups excluding carboxylic acids is 4. The Balaban J connectivity index is 0.000000414. The Kier molecular flexibility index (Phi) is 9.91. The molecule has 3 amide bonds. The van der Waals surface area contributed by atoms with Crippen molar-refractivity contribution in [2.24, 2.45) is 0 Å². The van der Waals surface area contributed by atoms with Crippen LogP contribution in [0.15, 0.2) is 18.2 Å². The van der Waals surface area contributed by atoms with Crippen LogP contribution in [-0.2, 0) is 9.59 Å². The van der Waals surface area contributed by atoms with E-state index in [1.54, 1.807) is 25.2 Å². The highest BCUT2D eigenvalue weighted by Crippen LogP contribution is 2.09. The molecule has 6 nitrogen and oxygen atoms in total. The van der Waals surface area contributed by atoms with E-state index >= 15 is 0 Å². The van der Waals surface area contributed by atoms with Crippen molar-refractivity contribution in [3.63, 3.8) is 0 Å². The molecule has 0 aromatic heterocycles. The van der Waals surface area contributed by atoms with Crippen LogP contribution in [0, 0.1) is 6.92 Å². The minimum absolute atomic E-state index is 0.138. The molecule has 1 aromatic rings. The zero-order chi connectivity index (χ0) is 17.8. The Labute approximate surface area is 136 Å². The Morgan fingerprint density at radius 3 is 2.13 bits per heavy atom. The summed E-state index contributed by atoms with van der Waals surface area (Å²) in [6, 6.07) is 5.14. The minimum Gasteiger partial charge on any atom is -0.355 e. The van der Waals surface area contributed by atoms with E-state index in [-0.39, 0.29) is 17.7 Å². The molecule has 1 aromatic carbocycles. The van der Waals surface area contributed by atoms with Crippen molar-refractivity contribution in [3.8, 4) is 0 Å². The zero-order valence-electron chi connectivity index (χ0n) is 14.1. The molecule has 2 rings (SSSR count). The predicted octanol–water partition coefficient (Wildman–Crippen LogP) is 2.01. The molecule has 1 saturated heterocycles. The number of imide groups is 1. The average molecular weight is 320 g/mol. The van der Waals surface area contributed by atoms with Crippen LogP contribution in [0.5, 0.6) is 0 Å². The van der Waals surface area contributed by atoms with Crippen molar-refractivity contribution >= 4 is 24.0 Å². The zero-order valence-corrected chi connectivity index (χ0v) is 14.1. The highest BCUT2D eigenvalue weighted by molar-refractivity contribution is 6.01. The summed E-state index contributed by atoms with van der Waals surface area (Å²) in [6.07, 6.45) is 2.41. The van der Waals surface area contributed by atoms with Crippen LogP contribution in [0.4, 0.5) is 0 Å². The Morgan fingerprint density at radius 1 is 1.17 bits per heavy atom. The van der Waals surface area contributed by atoms with Crippen LogP contribution in [0.25, 0.3) is 0 Å². The first-order valence-electron chi connectivity index (χ1n) is 7.58. The Bertz CT molecular complexity index is 554. The molecule has 0 bridgehead atoms. The molecule has 1 aliphatic rings. The molecule has 0 saturated carbocycles. The molecule has 0 aliphatic carbocycles. The predicted molar refractivity (Wildman–Crippen MR) is 88.3 cm³/mol. The molecule has 1 aliphatic heterocycles. The molecule has 0 atom stereocenters. The first kappa shape index (κ1) is 20.5. The first-order chi connectivity index (χ1) is 11.0. The average Bonchev–Trinajstić information content (AvgIpc) is 2.56. The summed E-state index contributed by atoms with van der Waals surface area (Å²) in [5, 5.41) is 4.69. The van der Waals surface area contributed by atoms with Crippen LogP contribution in [0.1, 0.15) is 59.4 Å². The third-order valence-electron chi connectivity index (χ3n) is 2.89. The second-order valence-electron chi connectivity index (χ2n) is 4.61. The van der Waals surface area contributed by atoms with Gasteiger partial charge in [-0.25, -0.2) is 0 Å². The number of benzene rings is 1. The molecule has 126 valence electrons. The summed E-state index contributed by atoms with van der Waals surface area (Å²) in [5.41, 5.74) is 1.81. The number of nitrogens with one attached hydrogen (secondary N) is 2. The monoisotopic (exact) mass is 320 g/mol. The number of amides is 3.